The molecule has 0 spiro atoms. The molecular weight excluding hydrogens is 216 g/mol. The Kier molecular flexibility index (Phi) is 2.87. The van der Waals surface area contributed by atoms with Crippen molar-refractivity contribution in [1.29, 1.82) is 0 Å². The quantitative estimate of drug-likeness (QED) is 0.804. The molecule has 15 heavy (non-hydrogen) atoms. The number of benzene rings is 1. The van der Waals surface area contributed by atoms with Gasteiger partial charge in [0.2, 0.25) is 0 Å². The fourth-order valence-corrected chi connectivity index (χ4v) is 1.19. The molecule has 0 aliphatic heterocycles. The average molecular weight is 225 g/mol. The molecule has 0 saturated heterocycles. The van der Waals surface area contributed by atoms with Gasteiger partial charge in [0.1, 0.15) is 6.61 Å². The van der Waals surface area contributed by atoms with Crippen molar-refractivity contribution in [3.63, 3.8) is 0 Å². The molecular formula is C10H9ClN2O2. The largest absolute Gasteiger partial charge is 0.444 e. The Morgan fingerprint density at radius 2 is 2.07 bits per heavy atom. The molecule has 0 unspecified atom stereocenters. The molecule has 2 aromatic rings. The first-order chi connectivity index (χ1) is 7.24. The van der Waals surface area contributed by atoms with E-state index in [2.05, 4.69) is 10.1 Å². The Bertz CT molecular complexity index is 439. The van der Waals surface area contributed by atoms with Crippen molar-refractivity contribution >= 4 is 11.6 Å². The zero-order chi connectivity index (χ0) is 10.7. The van der Waals surface area contributed by atoms with Crippen molar-refractivity contribution in [2.24, 2.45) is 0 Å². The third-order valence-electron chi connectivity index (χ3n) is 1.78. The molecule has 0 aliphatic carbocycles. The van der Waals surface area contributed by atoms with Gasteiger partial charge in [0.05, 0.1) is 0 Å². The van der Waals surface area contributed by atoms with Gasteiger partial charge in [-0.3, -0.25) is 4.52 Å². The van der Waals surface area contributed by atoms with Crippen LogP contribution in [0, 0.1) is 6.92 Å². The van der Waals surface area contributed by atoms with Crippen LogP contribution in [0.1, 0.15) is 11.4 Å². The Morgan fingerprint density at radius 3 is 2.67 bits per heavy atom. The number of hydrogen-bond acceptors (Lipinski definition) is 4. The minimum atomic E-state index is 0.183. The van der Waals surface area contributed by atoms with Crippen LogP contribution in [0.3, 0.4) is 0 Å². The van der Waals surface area contributed by atoms with E-state index in [1.165, 1.54) is 0 Å². The number of rotatable bonds is 3. The summed E-state index contributed by atoms with van der Waals surface area (Å²) in [4.78, 5) is 3.92. The minimum Gasteiger partial charge on any atom is -0.444 e. The van der Waals surface area contributed by atoms with Gasteiger partial charge < -0.3 is 4.74 Å². The maximum absolute atomic E-state index is 5.75. The molecule has 1 aromatic heterocycles. The summed E-state index contributed by atoms with van der Waals surface area (Å²) in [6.45, 7) is 2.12. The van der Waals surface area contributed by atoms with Crippen LogP contribution < -0.4 is 4.74 Å². The van der Waals surface area contributed by atoms with Crippen molar-refractivity contribution in [2.45, 2.75) is 13.5 Å². The maximum atomic E-state index is 5.75. The number of nitrogens with zero attached hydrogens (tertiary/aromatic N) is 2. The molecule has 0 N–H and O–H groups in total. The summed E-state index contributed by atoms with van der Waals surface area (Å²) < 4.78 is 10.1. The number of halogens is 1. The Morgan fingerprint density at radius 1 is 1.33 bits per heavy atom. The first-order valence-corrected chi connectivity index (χ1v) is 4.79. The van der Waals surface area contributed by atoms with Gasteiger partial charge in [-0.1, -0.05) is 28.9 Å². The summed E-state index contributed by atoms with van der Waals surface area (Å²) in [5.41, 5.74) is 0.996. The highest BCUT2D eigenvalue weighted by atomic mass is 35.5. The molecule has 0 bridgehead atoms. The van der Waals surface area contributed by atoms with Gasteiger partial charge in [-0.25, -0.2) is 0 Å². The molecule has 5 heteroatoms. The molecule has 1 heterocycles. The van der Waals surface area contributed by atoms with Crippen LogP contribution in [-0.2, 0) is 6.61 Å². The molecule has 0 atom stereocenters. The van der Waals surface area contributed by atoms with E-state index >= 15 is 0 Å². The van der Waals surface area contributed by atoms with E-state index in [1.807, 2.05) is 12.1 Å². The molecule has 0 radical (unpaired) electrons. The van der Waals surface area contributed by atoms with E-state index < -0.39 is 0 Å². The fraction of sp³-hybridized carbons (Fsp3) is 0.200. The summed E-state index contributed by atoms with van der Waals surface area (Å²) in [6.07, 6.45) is 0.183. The predicted octanol–water partition coefficient (Wildman–Crippen LogP) is 2.61. The molecule has 0 amide bonds. The topological polar surface area (TPSA) is 48.2 Å². The van der Waals surface area contributed by atoms with Gasteiger partial charge in [-0.05, 0) is 24.6 Å². The second-order valence-corrected chi connectivity index (χ2v) is 3.46. The summed E-state index contributed by atoms with van der Waals surface area (Å²) in [5, 5.41) is 4.31. The van der Waals surface area contributed by atoms with Gasteiger partial charge in [0.25, 0.3) is 0 Å². The van der Waals surface area contributed by atoms with E-state index in [9.17, 15) is 0 Å². The van der Waals surface area contributed by atoms with Gasteiger partial charge >= 0.3 is 6.08 Å². The third-order valence-corrected chi connectivity index (χ3v) is 2.04. The van der Waals surface area contributed by atoms with Gasteiger partial charge in [0, 0.05) is 5.02 Å². The van der Waals surface area contributed by atoms with Gasteiger partial charge in [0.15, 0.2) is 5.82 Å². The van der Waals surface area contributed by atoms with Crippen molar-refractivity contribution in [2.75, 3.05) is 0 Å². The highest BCUT2D eigenvalue weighted by Crippen LogP contribution is 2.12. The number of hydrogen-bond donors (Lipinski definition) is 0. The van der Waals surface area contributed by atoms with Crippen molar-refractivity contribution < 1.29 is 9.26 Å². The highest BCUT2D eigenvalue weighted by molar-refractivity contribution is 6.30. The van der Waals surface area contributed by atoms with E-state index in [-0.39, 0.29) is 6.08 Å². The SMILES string of the molecule is Cc1noc(OCc2ccc(Cl)cc2)n1. The lowest BCUT2D eigenvalue weighted by molar-refractivity contribution is 0.195. The van der Waals surface area contributed by atoms with Crippen molar-refractivity contribution in [1.82, 2.24) is 10.1 Å². The lowest BCUT2D eigenvalue weighted by Gasteiger charge is -2.00. The molecule has 1 aromatic carbocycles. The number of ether oxygens (including phenoxy) is 1. The molecule has 0 fully saturated rings. The normalized spacial score (nSPS) is 10.3. The smallest absolute Gasteiger partial charge is 0.417 e. The lowest BCUT2D eigenvalue weighted by Crippen LogP contribution is -1.95. The Hall–Kier alpha value is -1.55. The van der Waals surface area contributed by atoms with Crippen LogP contribution in [0.2, 0.25) is 5.02 Å². The summed E-state index contributed by atoms with van der Waals surface area (Å²) in [7, 11) is 0. The van der Waals surface area contributed by atoms with E-state index in [0.29, 0.717) is 17.5 Å². The molecule has 0 aliphatic rings. The maximum Gasteiger partial charge on any atom is 0.417 e. The van der Waals surface area contributed by atoms with Crippen LogP contribution in [0.25, 0.3) is 0 Å². The van der Waals surface area contributed by atoms with Crippen molar-refractivity contribution in [3.05, 3.63) is 40.7 Å². The third kappa shape index (κ3) is 2.70. The first kappa shape index (κ1) is 9.98. The predicted molar refractivity (Wildman–Crippen MR) is 54.8 cm³/mol. The fourth-order valence-electron chi connectivity index (χ4n) is 1.06. The van der Waals surface area contributed by atoms with Crippen LogP contribution >= 0.6 is 11.6 Å². The van der Waals surface area contributed by atoms with Crippen LogP contribution in [0.4, 0.5) is 0 Å². The second-order valence-electron chi connectivity index (χ2n) is 3.02. The standard InChI is InChI=1S/C10H9ClN2O2/c1-7-12-10(15-13-7)14-6-8-2-4-9(11)5-3-8/h2-5H,6H2,1H3. The van der Waals surface area contributed by atoms with E-state index in [1.54, 1.807) is 19.1 Å². The van der Waals surface area contributed by atoms with Crippen molar-refractivity contribution in [3.8, 4) is 6.08 Å². The first-order valence-electron chi connectivity index (χ1n) is 4.41. The van der Waals surface area contributed by atoms with Gasteiger partial charge in [-0.2, -0.15) is 4.98 Å². The van der Waals surface area contributed by atoms with Crippen LogP contribution in [0.5, 0.6) is 6.08 Å². The summed E-state index contributed by atoms with van der Waals surface area (Å²) in [5.74, 6) is 0.557. The number of aromatic nitrogens is 2. The zero-order valence-corrected chi connectivity index (χ0v) is 8.86. The monoisotopic (exact) mass is 224 g/mol. The molecule has 0 saturated carbocycles. The summed E-state index contributed by atoms with van der Waals surface area (Å²) in [6, 6.07) is 7.37. The lowest BCUT2D eigenvalue weighted by atomic mass is 10.2. The molecule has 4 nitrogen and oxygen atoms in total. The van der Waals surface area contributed by atoms with E-state index in [4.69, 9.17) is 20.9 Å². The van der Waals surface area contributed by atoms with Crippen LogP contribution in [0.15, 0.2) is 28.8 Å². The van der Waals surface area contributed by atoms with Crippen LogP contribution in [-0.4, -0.2) is 10.1 Å². The summed E-state index contributed by atoms with van der Waals surface area (Å²) >= 11 is 5.75. The van der Waals surface area contributed by atoms with Gasteiger partial charge in [-0.15, -0.1) is 0 Å². The molecule has 2 rings (SSSR count). The minimum absolute atomic E-state index is 0.183. The zero-order valence-electron chi connectivity index (χ0n) is 8.11. The number of aryl methyl sites for hydroxylation is 1. The Balaban J connectivity index is 1.96. The molecule has 78 valence electrons. The Labute approximate surface area is 91.8 Å². The average Bonchev–Trinajstić information content (AvgIpc) is 2.64. The second kappa shape index (κ2) is 4.31. The van der Waals surface area contributed by atoms with E-state index in [0.717, 1.165) is 5.56 Å². The highest BCUT2D eigenvalue weighted by Gasteiger charge is 2.03.